The van der Waals surface area contributed by atoms with Crippen molar-refractivity contribution in [3.63, 3.8) is 0 Å². The normalized spacial score (nSPS) is 27.6. The Morgan fingerprint density at radius 2 is 1.06 bits per heavy atom. The first-order valence-electron chi connectivity index (χ1n) is 11.4. The van der Waals surface area contributed by atoms with E-state index in [4.69, 9.17) is 18.9 Å². The van der Waals surface area contributed by atoms with Crippen LogP contribution in [0.25, 0.3) is 11.1 Å². The van der Waals surface area contributed by atoms with Crippen LogP contribution in [0, 0.1) is 6.92 Å². The molecule has 4 aliphatic rings. The van der Waals surface area contributed by atoms with Gasteiger partial charge in [0, 0.05) is 37.6 Å². The Morgan fingerprint density at radius 1 is 0.645 bits per heavy atom. The Kier molecular flexibility index (Phi) is 5.11. The van der Waals surface area contributed by atoms with Crippen LogP contribution in [0.2, 0.25) is 0 Å². The van der Waals surface area contributed by atoms with Crippen molar-refractivity contribution in [2.75, 3.05) is 62.4 Å². The first-order valence-corrected chi connectivity index (χ1v) is 11.4. The molecule has 4 aliphatic heterocycles. The molecule has 0 bridgehead atoms. The summed E-state index contributed by atoms with van der Waals surface area (Å²) in [6, 6.07) is 15.7. The van der Waals surface area contributed by atoms with Crippen molar-refractivity contribution in [2.24, 2.45) is 0 Å². The lowest BCUT2D eigenvalue weighted by Gasteiger charge is -2.25. The van der Waals surface area contributed by atoms with Gasteiger partial charge in [0.1, 0.15) is 0 Å². The molecule has 0 aliphatic carbocycles. The fourth-order valence-corrected chi connectivity index (χ4v) is 4.27. The summed E-state index contributed by atoms with van der Waals surface area (Å²) in [4.78, 5) is 4.81. The zero-order valence-corrected chi connectivity index (χ0v) is 18.0. The van der Waals surface area contributed by atoms with Gasteiger partial charge in [0.2, 0.25) is 0 Å². The standard InChI is InChI=1S/C25H30N2O4/c1-17-8-20(27(11-23-15-30-23)12-24-16-31-24)6-7-25(17)18-2-4-19(5-3-18)26(9-21-13-28-21)10-22-14-29-22/h2-8,21-24H,9-16H2,1H3. The number of aryl methyl sites for hydroxylation is 1. The molecule has 6 nitrogen and oxygen atoms in total. The molecule has 164 valence electrons. The minimum absolute atomic E-state index is 0.372. The van der Waals surface area contributed by atoms with Crippen LogP contribution < -0.4 is 9.80 Å². The zero-order valence-electron chi connectivity index (χ0n) is 18.0. The van der Waals surface area contributed by atoms with E-state index in [-0.39, 0.29) is 0 Å². The lowest BCUT2D eigenvalue weighted by Crippen LogP contribution is -2.31. The number of hydrogen-bond acceptors (Lipinski definition) is 6. The second-order valence-corrected chi connectivity index (χ2v) is 9.18. The third-order valence-electron chi connectivity index (χ3n) is 6.42. The fourth-order valence-electron chi connectivity index (χ4n) is 4.27. The van der Waals surface area contributed by atoms with Crippen LogP contribution in [0.15, 0.2) is 42.5 Å². The van der Waals surface area contributed by atoms with Crippen molar-refractivity contribution in [1.29, 1.82) is 0 Å². The zero-order chi connectivity index (χ0) is 20.8. The smallest absolute Gasteiger partial charge is 0.0984 e. The molecule has 6 heteroatoms. The molecule has 0 radical (unpaired) electrons. The van der Waals surface area contributed by atoms with Crippen molar-refractivity contribution < 1.29 is 18.9 Å². The van der Waals surface area contributed by atoms with Crippen LogP contribution in [-0.4, -0.2) is 77.0 Å². The van der Waals surface area contributed by atoms with Crippen LogP contribution in [-0.2, 0) is 18.9 Å². The van der Waals surface area contributed by atoms with Gasteiger partial charge in [0.25, 0.3) is 0 Å². The van der Waals surface area contributed by atoms with Crippen molar-refractivity contribution in [3.05, 3.63) is 48.0 Å². The van der Waals surface area contributed by atoms with E-state index in [9.17, 15) is 0 Å². The number of benzene rings is 2. The van der Waals surface area contributed by atoms with Crippen LogP contribution in [0.1, 0.15) is 5.56 Å². The molecule has 4 fully saturated rings. The average Bonchev–Trinajstić information content (AvgIpc) is 3.62. The van der Waals surface area contributed by atoms with Crippen molar-refractivity contribution in [2.45, 2.75) is 31.3 Å². The van der Waals surface area contributed by atoms with Gasteiger partial charge in [0.15, 0.2) is 0 Å². The highest BCUT2D eigenvalue weighted by Gasteiger charge is 2.32. The number of anilines is 2. The molecular weight excluding hydrogens is 392 g/mol. The lowest BCUT2D eigenvalue weighted by molar-refractivity contribution is 0.388. The van der Waals surface area contributed by atoms with E-state index in [1.807, 2.05) is 0 Å². The molecule has 0 N–H and O–H groups in total. The van der Waals surface area contributed by atoms with E-state index in [1.54, 1.807) is 0 Å². The molecule has 0 spiro atoms. The van der Waals surface area contributed by atoms with E-state index >= 15 is 0 Å². The highest BCUT2D eigenvalue weighted by molar-refractivity contribution is 5.72. The van der Waals surface area contributed by atoms with Gasteiger partial charge in [-0.3, -0.25) is 0 Å². The summed E-state index contributed by atoms with van der Waals surface area (Å²) in [5.74, 6) is 0. The number of ether oxygens (including phenoxy) is 4. The number of rotatable bonds is 11. The molecule has 31 heavy (non-hydrogen) atoms. The molecule has 0 aromatic heterocycles. The molecular formula is C25H30N2O4. The molecule has 6 rings (SSSR count). The van der Waals surface area contributed by atoms with Gasteiger partial charge in [-0.1, -0.05) is 18.2 Å². The highest BCUT2D eigenvalue weighted by atomic mass is 16.6. The molecule has 2 aromatic carbocycles. The first kappa shape index (κ1) is 19.6. The topological polar surface area (TPSA) is 56.6 Å². The summed E-state index contributed by atoms with van der Waals surface area (Å²) in [6.07, 6.45) is 1.49. The third-order valence-corrected chi connectivity index (χ3v) is 6.42. The number of epoxide rings is 4. The summed E-state index contributed by atoms with van der Waals surface area (Å²) in [5, 5.41) is 0. The van der Waals surface area contributed by atoms with Gasteiger partial charge in [0.05, 0.1) is 50.8 Å². The molecule has 4 heterocycles. The van der Waals surface area contributed by atoms with Crippen LogP contribution in [0.5, 0.6) is 0 Å². The highest BCUT2D eigenvalue weighted by Crippen LogP contribution is 2.31. The number of hydrogen-bond donors (Lipinski definition) is 0. The van der Waals surface area contributed by atoms with Gasteiger partial charge in [-0.2, -0.15) is 0 Å². The summed E-state index contributed by atoms with van der Waals surface area (Å²) in [5.41, 5.74) is 6.31. The summed E-state index contributed by atoms with van der Waals surface area (Å²) >= 11 is 0. The predicted molar refractivity (Wildman–Crippen MR) is 120 cm³/mol. The fraction of sp³-hybridized carbons (Fsp3) is 0.520. The van der Waals surface area contributed by atoms with Crippen molar-refractivity contribution in [1.82, 2.24) is 0 Å². The average molecular weight is 423 g/mol. The molecule has 0 amide bonds. The van der Waals surface area contributed by atoms with Crippen molar-refractivity contribution in [3.8, 4) is 11.1 Å². The quantitative estimate of drug-likeness (QED) is 0.519. The van der Waals surface area contributed by atoms with E-state index in [1.165, 1.54) is 28.1 Å². The van der Waals surface area contributed by atoms with Gasteiger partial charge >= 0.3 is 0 Å². The summed E-state index contributed by atoms with van der Waals surface area (Å²) in [7, 11) is 0. The summed E-state index contributed by atoms with van der Waals surface area (Å²) < 4.78 is 21.8. The van der Waals surface area contributed by atoms with Gasteiger partial charge in [-0.15, -0.1) is 0 Å². The number of nitrogens with zero attached hydrogens (tertiary/aromatic N) is 2. The van der Waals surface area contributed by atoms with Crippen LogP contribution >= 0.6 is 0 Å². The van der Waals surface area contributed by atoms with Crippen molar-refractivity contribution >= 4 is 11.4 Å². The maximum absolute atomic E-state index is 5.47. The maximum Gasteiger partial charge on any atom is 0.0984 e. The Morgan fingerprint density at radius 3 is 1.48 bits per heavy atom. The SMILES string of the molecule is Cc1cc(N(CC2CO2)CC2CO2)ccc1-c1ccc(N(CC2CO2)CC2CO2)cc1. The molecule has 2 aromatic rings. The molecule has 4 saturated heterocycles. The second-order valence-electron chi connectivity index (χ2n) is 9.18. The van der Waals surface area contributed by atoms with Crippen LogP contribution in [0.4, 0.5) is 11.4 Å². The van der Waals surface area contributed by atoms with Gasteiger partial charge in [-0.25, -0.2) is 0 Å². The van der Waals surface area contributed by atoms with E-state index in [2.05, 4.69) is 59.2 Å². The van der Waals surface area contributed by atoms with Crippen LogP contribution in [0.3, 0.4) is 0 Å². The first-order chi connectivity index (χ1) is 15.2. The molecule has 4 atom stereocenters. The lowest BCUT2D eigenvalue weighted by atomic mass is 9.99. The second kappa shape index (κ2) is 8.10. The Labute approximate surface area is 183 Å². The van der Waals surface area contributed by atoms with Gasteiger partial charge in [-0.05, 0) is 47.9 Å². The minimum atomic E-state index is 0.372. The van der Waals surface area contributed by atoms with E-state index in [0.29, 0.717) is 24.4 Å². The van der Waals surface area contributed by atoms with E-state index < -0.39 is 0 Å². The molecule has 4 unspecified atom stereocenters. The largest absolute Gasteiger partial charge is 0.371 e. The minimum Gasteiger partial charge on any atom is -0.371 e. The third kappa shape index (κ3) is 5.04. The van der Waals surface area contributed by atoms with Gasteiger partial charge < -0.3 is 28.7 Å². The van der Waals surface area contributed by atoms with E-state index in [0.717, 1.165) is 52.6 Å². The maximum atomic E-state index is 5.47. The molecule has 0 saturated carbocycles. The summed E-state index contributed by atoms with van der Waals surface area (Å²) in [6.45, 7) is 9.48. The monoisotopic (exact) mass is 422 g/mol. The Hall–Kier alpha value is -2.12. The predicted octanol–water partition coefficient (Wildman–Crippen LogP) is 2.87. The Balaban J connectivity index is 1.18. The Bertz CT molecular complexity index is 890.